The molecule has 0 unspecified atom stereocenters. The Morgan fingerprint density at radius 3 is 2.89 bits per heavy atom. The van der Waals surface area contributed by atoms with Gasteiger partial charge in [0.2, 0.25) is 0 Å². The van der Waals surface area contributed by atoms with Crippen molar-refractivity contribution in [3.8, 4) is 5.75 Å². The number of benzene rings is 1. The summed E-state index contributed by atoms with van der Waals surface area (Å²) >= 11 is 5.16. The van der Waals surface area contributed by atoms with Crippen molar-refractivity contribution in [2.24, 2.45) is 0 Å². The van der Waals surface area contributed by atoms with Gasteiger partial charge >= 0.3 is 0 Å². The highest BCUT2D eigenvalue weighted by Gasteiger charge is 2.08. The number of hydrogen-bond acceptors (Lipinski definition) is 3. The summed E-state index contributed by atoms with van der Waals surface area (Å²) in [5.41, 5.74) is 1.87. The number of aryl methyl sites for hydroxylation is 1. The number of rotatable bonds is 5. The Kier molecular flexibility index (Phi) is 4.80. The molecule has 0 bridgehead atoms. The predicted octanol–water partition coefficient (Wildman–Crippen LogP) is 3.93. The summed E-state index contributed by atoms with van der Waals surface area (Å²) in [5, 5.41) is 11.4. The first-order valence-electron chi connectivity index (χ1n) is 5.75. The van der Waals surface area contributed by atoms with E-state index in [1.807, 2.05) is 25.1 Å². The average Bonchev–Trinajstić information content (AvgIpc) is 2.84. The molecule has 0 saturated heterocycles. The van der Waals surface area contributed by atoms with E-state index in [2.05, 4.69) is 27.4 Å². The van der Waals surface area contributed by atoms with E-state index in [1.54, 1.807) is 11.3 Å². The van der Waals surface area contributed by atoms with Gasteiger partial charge in [0.05, 0.1) is 13.2 Å². The van der Waals surface area contributed by atoms with Crippen molar-refractivity contribution in [2.75, 3.05) is 6.61 Å². The number of aliphatic hydroxyl groups excluding tert-OH is 1. The van der Waals surface area contributed by atoms with Crippen LogP contribution in [0.1, 0.15) is 16.0 Å². The minimum atomic E-state index is -0.00534. The van der Waals surface area contributed by atoms with Crippen molar-refractivity contribution in [1.82, 2.24) is 0 Å². The zero-order chi connectivity index (χ0) is 13.0. The number of aliphatic hydroxyl groups is 1. The Morgan fingerprint density at radius 2 is 2.22 bits per heavy atom. The maximum absolute atomic E-state index is 9.35. The third-order valence-electron chi connectivity index (χ3n) is 2.66. The van der Waals surface area contributed by atoms with Gasteiger partial charge in [-0.05, 0) is 36.1 Å². The van der Waals surface area contributed by atoms with Gasteiger partial charge in [0, 0.05) is 21.3 Å². The molecule has 0 aliphatic heterocycles. The third kappa shape index (κ3) is 3.34. The fraction of sp³-hybridized carbons (Fsp3) is 0.286. The van der Waals surface area contributed by atoms with Crippen LogP contribution < -0.4 is 4.74 Å². The summed E-state index contributed by atoms with van der Waals surface area (Å²) in [5.74, 6) is 0.803. The van der Waals surface area contributed by atoms with E-state index in [4.69, 9.17) is 4.74 Å². The SMILES string of the molecule is Cc1cc(Br)cc(CO)c1OCCc1cccs1. The molecule has 2 aromatic rings. The number of ether oxygens (including phenoxy) is 1. The number of thiophene rings is 1. The van der Waals surface area contributed by atoms with Gasteiger partial charge in [-0.1, -0.05) is 22.0 Å². The maximum Gasteiger partial charge on any atom is 0.127 e. The summed E-state index contributed by atoms with van der Waals surface area (Å²) in [6.07, 6.45) is 0.901. The summed E-state index contributed by atoms with van der Waals surface area (Å²) in [6.45, 7) is 2.62. The molecule has 4 heteroatoms. The van der Waals surface area contributed by atoms with Crippen molar-refractivity contribution in [1.29, 1.82) is 0 Å². The van der Waals surface area contributed by atoms with Crippen LogP contribution >= 0.6 is 27.3 Å². The molecule has 0 radical (unpaired) electrons. The molecule has 2 nitrogen and oxygen atoms in total. The standard InChI is InChI=1S/C14H15BrO2S/c1-10-7-12(15)8-11(9-16)14(10)17-5-4-13-3-2-6-18-13/h2-3,6-8,16H,4-5,9H2,1H3. The Balaban J connectivity index is 2.04. The highest BCUT2D eigenvalue weighted by Crippen LogP contribution is 2.28. The lowest BCUT2D eigenvalue weighted by Crippen LogP contribution is -2.04. The molecule has 96 valence electrons. The summed E-state index contributed by atoms with van der Waals surface area (Å²) in [4.78, 5) is 1.32. The van der Waals surface area contributed by atoms with Crippen LogP contribution in [0.4, 0.5) is 0 Å². The van der Waals surface area contributed by atoms with Crippen molar-refractivity contribution in [2.45, 2.75) is 20.0 Å². The molecule has 0 saturated carbocycles. The van der Waals surface area contributed by atoms with Gasteiger partial charge in [-0.15, -0.1) is 11.3 Å². The zero-order valence-corrected chi connectivity index (χ0v) is 12.6. The number of hydrogen-bond donors (Lipinski definition) is 1. The van der Waals surface area contributed by atoms with Crippen LogP contribution in [0.15, 0.2) is 34.1 Å². The molecule has 1 N–H and O–H groups in total. The van der Waals surface area contributed by atoms with Crippen molar-refractivity contribution in [3.63, 3.8) is 0 Å². The van der Waals surface area contributed by atoms with Crippen LogP contribution in [-0.4, -0.2) is 11.7 Å². The lowest BCUT2D eigenvalue weighted by molar-refractivity contribution is 0.263. The predicted molar refractivity (Wildman–Crippen MR) is 78.3 cm³/mol. The molecule has 1 heterocycles. The largest absolute Gasteiger partial charge is 0.493 e. The summed E-state index contributed by atoms with van der Waals surface area (Å²) < 4.78 is 6.78. The molecule has 2 rings (SSSR count). The average molecular weight is 327 g/mol. The smallest absolute Gasteiger partial charge is 0.127 e. The topological polar surface area (TPSA) is 29.5 Å². The first kappa shape index (κ1) is 13.6. The quantitative estimate of drug-likeness (QED) is 0.901. The van der Waals surface area contributed by atoms with E-state index in [0.29, 0.717) is 6.61 Å². The van der Waals surface area contributed by atoms with Gasteiger partial charge in [-0.25, -0.2) is 0 Å². The molecule has 1 aromatic heterocycles. The fourth-order valence-corrected chi connectivity index (χ4v) is 3.14. The first-order chi connectivity index (χ1) is 8.70. The lowest BCUT2D eigenvalue weighted by atomic mass is 10.1. The van der Waals surface area contributed by atoms with E-state index in [-0.39, 0.29) is 6.61 Å². The Hall–Kier alpha value is -0.840. The second kappa shape index (κ2) is 6.36. The molecule has 1 aromatic carbocycles. The van der Waals surface area contributed by atoms with Crippen LogP contribution in [0, 0.1) is 6.92 Å². The second-order valence-corrected chi connectivity index (χ2v) is 5.99. The first-order valence-corrected chi connectivity index (χ1v) is 7.43. The van der Waals surface area contributed by atoms with E-state index >= 15 is 0 Å². The normalized spacial score (nSPS) is 10.6. The van der Waals surface area contributed by atoms with Gasteiger partial charge in [-0.2, -0.15) is 0 Å². The van der Waals surface area contributed by atoms with Crippen molar-refractivity contribution in [3.05, 3.63) is 50.1 Å². The van der Waals surface area contributed by atoms with E-state index in [9.17, 15) is 5.11 Å². The second-order valence-electron chi connectivity index (χ2n) is 4.05. The molecule has 0 aliphatic rings. The highest BCUT2D eigenvalue weighted by molar-refractivity contribution is 9.10. The third-order valence-corrected chi connectivity index (χ3v) is 4.06. The van der Waals surface area contributed by atoms with Crippen molar-refractivity contribution < 1.29 is 9.84 Å². The van der Waals surface area contributed by atoms with Crippen LogP contribution in [0.5, 0.6) is 5.75 Å². The van der Waals surface area contributed by atoms with Crippen LogP contribution in [-0.2, 0) is 13.0 Å². The minimum absolute atomic E-state index is 0.00534. The molecule has 0 aliphatic carbocycles. The molecular formula is C14H15BrO2S. The van der Waals surface area contributed by atoms with Gasteiger partial charge in [0.15, 0.2) is 0 Å². The molecule has 0 spiro atoms. The molecule has 0 amide bonds. The Bertz CT molecular complexity index is 509. The molecular weight excluding hydrogens is 312 g/mol. The van der Waals surface area contributed by atoms with Gasteiger partial charge in [-0.3, -0.25) is 0 Å². The van der Waals surface area contributed by atoms with Gasteiger partial charge in [0.1, 0.15) is 5.75 Å². The molecule has 18 heavy (non-hydrogen) atoms. The Labute approximate surface area is 119 Å². The van der Waals surface area contributed by atoms with E-state index in [1.165, 1.54) is 4.88 Å². The van der Waals surface area contributed by atoms with Gasteiger partial charge < -0.3 is 9.84 Å². The monoisotopic (exact) mass is 326 g/mol. The Morgan fingerprint density at radius 1 is 1.39 bits per heavy atom. The molecule has 0 fully saturated rings. The zero-order valence-electron chi connectivity index (χ0n) is 10.1. The minimum Gasteiger partial charge on any atom is -0.493 e. The summed E-state index contributed by atoms with van der Waals surface area (Å²) in [6, 6.07) is 8.05. The highest BCUT2D eigenvalue weighted by atomic mass is 79.9. The van der Waals surface area contributed by atoms with Crippen LogP contribution in [0.3, 0.4) is 0 Å². The van der Waals surface area contributed by atoms with E-state index in [0.717, 1.165) is 27.8 Å². The van der Waals surface area contributed by atoms with Crippen molar-refractivity contribution >= 4 is 27.3 Å². The van der Waals surface area contributed by atoms with E-state index < -0.39 is 0 Å². The fourth-order valence-electron chi connectivity index (χ4n) is 1.83. The summed E-state index contributed by atoms with van der Waals surface area (Å²) in [7, 11) is 0. The van der Waals surface area contributed by atoms with Gasteiger partial charge in [0.25, 0.3) is 0 Å². The lowest BCUT2D eigenvalue weighted by Gasteiger charge is -2.13. The maximum atomic E-state index is 9.35. The van der Waals surface area contributed by atoms with Crippen LogP contribution in [0.25, 0.3) is 0 Å². The molecule has 0 atom stereocenters. The number of halogens is 1. The van der Waals surface area contributed by atoms with Crippen LogP contribution in [0.2, 0.25) is 0 Å².